The van der Waals surface area contributed by atoms with E-state index < -0.39 is 0 Å². The second kappa shape index (κ2) is 3.57. The average molecular weight is 156 g/mol. The first-order chi connectivity index (χ1) is 5.16. The van der Waals surface area contributed by atoms with Gasteiger partial charge in [-0.25, -0.2) is 0 Å². The number of aliphatic hydroxyl groups is 1. The van der Waals surface area contributed by atoms with Crippen LogP contribution in [0.1, 0.15) is 52.4 Å². The van der Waals surface area contributed by atoms with Crippen molar-refractivity contribution < 1.29 is 5.11 Å². The van der Waals surface area contributed by atoms with Crippen LogP contribution in [0.4, 0.5) is 0 Å². The van der Waals surface area contributed by atoms with Gasteiger partial charge in [-0.1, -0.05) is 33.1 Å². The third-order valence-corrected chi connectivity index (χ3v) is 2.78. The van der Waals surface area contributed by atoms with E-state index in [4.69, 9.17) is 0 Å². The number of hydrogen-bond acceptors (Lipinski definition) is 1. The van der Waals surface area contributed by atoms with Gasteiger partial charge in [0, 0.05) is 0 Å². The smallest absolute Gasteiger partial charge is 0.0650 e. The van der Waals surface area contributed by atoms with E-state index in [9.17, 15) is 5.11 Å². The van der Waals surface area contributed by atoms with E-state index in [0.717, 1.165) is 31.6 Å². The van der Waals surface area contributed by atoms with Crippen molar-refractivity contribution in [2.24, 2.45) is 5.92 Å². The Morgan fingerprint density at radius 1 is 1.55 bits per heavy atom. The lowest BCUT2D eigenvalue weighted by molar-refractivity contribution is -0.0205. The van der Waals surface area contributed by atoms with Crippen LogP contribution in [0, 0.1) is 5.92 Å². The fraction of sp³-hybridized carbons (Fsp3) is 1.00. The topological polar surface area (TPSA) is 20.2 Å². The molecule has 0 radical (unpaired) electrons. The monoisotopic (exact) mass is 156 g/mol. The SMILES string of the molecule is CCCC1(O)CCCC(C)C1. The molecule has 0 saturated heterocycles. The Morgan fingerprint density at radius 2 is 2.27 bits per heavy atom. The maximum absolute atomic E-state index is 10.0. The molecule has 1 saturated carbocycles. The fourth-order valence-electron chi connectivity index (χ4n) is 2.32. The Bertz CT molecular complexity index is 118. The molecule has 0 aromatic rings. The van der Waals surface area contributed by atoms with Crippen molar-refractivity contribution in [1.82, 2.24) is 0 Å². The molecule has 0 bridgehead atoms. The maximum atomic E-state index is 10.0. The van der Waals surface area contributed by atoms with Crippen LogP contribution in [0.3, 0.4) is 0 Å². The van der Waals surface area contributed by atoms with Crippen molar-refractivity contribution in [3.8, 4) is 0 Å². The van der Waals surface area contributed by atoms with E-state index in [-0.39, 0.29) is 5.60 Å². The summed E-state index contributed by atoms with van der Waals surface area (Å²) in [5.41, 5.74) is -0.299. The second-order valence-electron chi connectivity index (χ2n) is 4.18. The van der Waals surface area contributed by atoms with Crippen LogP contribution in [0.2, 0.25) is 0 Å². The van der Waals surface area contributed by atoms with Crippen molar-refractivity contribution in [3.63, 3.8) is 0 Å². The van der Waals surface area contributed by atoms with Crippen molar-refractivity contribution >= 4 is 0 Å². The van der Waals surface area contributed by atoms with Gasteiger partial charge in [-0.15, -0.1) is 0 Å². The van der Waals surface area contributed by atoms with Crippen LogP contribution >= 0.6 is 0 Å². The Morgan fingerprint density at radius 3 is 2.82 bits per heavy atom. The number of hydrogen-bond donors (Lipinski definition) is 1. The Kier molecular flexibility index (Phi) is 2.94. The minimum Gasteiger partial charge on any atom is -0.390 e. The van der Waals surface area contributed by atoms with E-state index in [0.29, 0.717) is 0 Å². The Labute approximate surface area is 69.8 Å². The quantitative estimate of drug-likeness (QED) is 0.651. The lowest BCUT2D eigenvalue weighted by atomic mass is 9.77. The molecular formula is C10H20O. The molecule has 1 aliphatic rings. The first-order valence-electron chi connectivity index (χ1n) is 4.89. The van der Waals surface area contributed by atoms with Crippen LogP contribution in [0.15, 0.2) is 0 Å². The molecule has 66 valence electrons. The van der Waals surface area contributed by atoms with Crippen LogP contribution < -0.4 is 0 Å². The van der Waals surface area contributed by atoms with Gasteiger partial charge in [0.2, 0.25) is 0 Å². The molecule has 2 atom stereocenters. The molecule has 0 amide bonds. The van der Waals surface area contributed by atoms with E-state index in [1.165, 1.54) is 12.8 Å². The molecule has 11 heavy (non-hydrogen) atoms. The lowest BCUT2D eigenvalue weighted by Crippen LogP contribution is -2.34. The molecule has 0 heterocycles. The molecule has 0 spiro atoms. The minimum absolute atomic E-state index is 0.299. The molecule has 1 nitrogen and oxygen atoms in total. The van der Waals surface area contributed by atoms with Gasteiger partial charge in [-0.2, -0.15) is 0 Å². The van der Waals surface area contributed by atoms with E-state index in [2.05, 4.69) is 13.8 Å². The van der Waals surface area contributed by atoms with Gasteiger partial charge in [-0.3, -0.25) is 0 Å². The first kappa shape index (κ1) is 9.05. The Hall–Kier alpha value is -0.0400. The number of rotatable bonds is 2. The molecule has 1 fully saturated rings. The van der Waals surface area contributed by atoms with Gasteiger partial charge in [0.05, 0.1) is 5.60 Å². The summed E-state index contributed by atoms with van der Waals surface area (Å²) in [5.74, 6) is 0.736. The highest BCUT2D eigenvalue weighted by Crippen LogP contribution is 2.34. The van der Waals surface area contributed by atoms with Crippen molar-refractivity contribution in [2.45, 2.75) is 58.0 Å². The highest BCUT2D eigenvalue weighted by Gasteiger charge is 2.31. The van der Waals surface area contributed by atoms with Gasteiger partial charge in [0.15, 0.2) is 0 Å². The van der Waals surface area contributed by atoms with Crippen molar-refractivity contribution in [3.05, 3.63) is 0 Å². The fourth-order valence-corrected chi connectivity index (χ4v) is 2.32. The lowest BCUT2D eigenvalue weighted by Gasteiger charge is -2.35. The molecule has 0 aromatic carbocycles. The third kappa shape index (κ3) is 2.48. The first-order valence-corrected chi connectivity index (χ1v) is 4.89. The van der Waals surface area contributed by atoms with Crippen molar-refractivity contribution in [2.75, 3.05) is 0 Å². The van der Waals surface area contributed by atoms with Gasteiger partial charge in [-0.05, 0) is 25.2 Å². The molecule has 1 aliphatic carbocycles. The third-order valence-electron chi connectivity index (χ3n) is 2.78. The summed E-state index contributed by atoms with van der Waals surface area (Å²) in [4.78, 5) is 0. The molecule has 1 rings (SSSR count). The largest absolute Gasteiger partial charge is 0.390 e. The summed E-state index contributed by atoms with van der Waals surface area (Å²) in [6, 6.07) is 0. The van der Waals surface area contributed by atoms with Gasteiger partial charge in [0.25, 0.3) is 0 Å². The molecule has 0 aromatic heterocycles. The van der Waals surface area contributed by atoms with Gasteiger partial charge < -0.3 is 5.11 Å². The van der Waals surface area contributed by atoms with Crippen molar-refractivity contribution in [1.29, 1.82) is 0 Å². The van der Waals surface area contributed by atoms with E-state index in [1.54, 1.807) is 0 Å². The van der Waals surface area contributed by atoms with Crippen LogP contribution in [0.5, 0.6) is 0 Å². The van der Waals surface area contributed by atoms with Crippen LogP contribution in [-0.4, -0.2) is 10.7 Å². The van der Waals surface area contributed by atoms with Gasteiger partial charge in [0.1, 0.15) is 0 Å². The van der Waals surface area contributed by atoms with E-state index in [1.807, 2.05) is 0 Å². The normalized spacial score (nSPS) is 39.0. The molecule has 0 aliphatic heterocycles. The van der Waals surface area contributed by atoms with E-state index >= 15 is 0 Å². The summed E-state index contributed by atoms with van der Waals surface area (Å²) in [6.07, 6.45) is 6.70. The second-order valence-corrected chi connectivity index (χ2v) is 4.18. The molecule has 1 N–H and O–H groups in total. The standard InChI is InChI=1S/C10H20O/c1-3-6-10(11)7-4-5-9(2)8-10/h9,11H,3-8H2,1-2H3. The predicted octanol–water partition coefficient (Wildman–Crippen LogP) is 2.73. The Balaban J connectivity index is 2.41. The maximum Gasteiger partial charge on any atom is 0.0650 e. The zero-order valence-electron chi connectivity index (χ0n) is 7.77. The molecular weight excluding hydrogens is 136 g/mol. The summed E-state index contributed by atoms with van der Waals surface area (Å²) in [7, 11) is 0. The molecule has 1 heteroatoms. The zero-order valence-corrected chi connectivity index (χ0v) is 7.77. The summed E-state index contributed by atoms with van der Waals surface area (Å²) in [5, 5.41) is 10.0. The van der Waals surface area contributed by atoms with Gasteiger partial charge >= 0.3 is 0 Å². The van der Waals surface area contributed by atoms with Crippen LogP contribution in [0.25, 0.3) is 0 Å². The average Bonchev–Trinajstić information content (AvgIpc) is 1.86. The highest BCUT2D eigenvalue weighted by molar-refractivity contribution is 4.84. The molecule has 2 unspecified atom stereocenters. The predicted molar refractivity (Wildman–Crippen MR) is 47.5 cm³/mol. The summed E-state index contributed by atoms with van der Waals surface area (Å²) < 4.78 is 0. The minimum atomic E-state index is -0.299. The summed E-state index contributed by atoms with van der Waals surface area (Å²) >= 11 is 0. The van der Waals surface area contributed by atoms with Crippen LogP contribution in [-0.2, 0) is 0 Å². The summed E-state index contributed by atoms with van der Waals surface area (Å²) in [6.45, 7) is 4.40. The highest BCUT2D eigenvalue weighted by atomic mass is 16.3. The zero-order chi connectivity index (χ0) is 8.32.